The second kappa shape index (κ2) is 4.89. The molecule has 1 saturated carbocycles. The third-order valence-corrected chi connectivity index (χ3v) is 3.26. The summed E-state index contributed by atoms with van der Waals surface area (Å²) in [4.78, 5) is 11.8. The predicted octanol–water partition coefficient (Wildman–Crippen LogP) is 1.12. The lowest BCUT2D eigenvalue weighted by Gasteiger charge is -2.24. The number of hydrogen-bond acceptors (Lipinski definition) is 3. The number of morpholine rings is 1. The maximum absolute atomic E-state index is 11.8. The van der Waals surface area contributed by atoms with Crippen molar-refractivity contribution in [1.29, 1.82) is 0 Å². The minimum Gasteiger partial charge on any atom is -0.379 e. The summed E-state index contributed by atoms with van der Waals surface area (Å²) < 4.78 is 5.33. The molecule has 1 unspecified atom stereocenters. The van der Waals surface area contributed by atoms with Crippen LogP contribution in [0.3, 0.4) is 0 Å². The van der Waals surface area contributed by atoms with Gasteiger partial charge in [-0.15, -0.1) is 0 Å². The smallest absolute Gasteiger partial charge is 0.137 e. The van der Waals surface area contributed by atoms with Crippen molar-refractivity contribution < 1.29 is 9.53 Å². The first-order chi connectivity index (χ1) is 6.86. The van der Waals surface area contributed by atoms with Gasteiger partial charge in [0, 0.05) is 24.9 Å². The lowest BCUT2D eigenvalue weighted by atomic mass is 9.97. The Morgan fingerprint density at radius 3 is 2.79 bits per heavy atom. The highest BCUT2D eigenvalue weighted by atomic mass is 16.5. The minimum atomic E-state index is 0.275. The van der Waals surface area contributed by atoms with Crippen LogP contribution in [0.15, 0.2) is 0 Å². The van der Waals surface area contributed by atoms with Gasteiger partial charge < -0.3 is 10.1 Å². The SMILES string of the molecule is O=C(CC1COCCN1)C1CCCC1. The van der Waals surface area contributed by atoms with E-state index < -0.39 is 0 Å². The van der Waals surface area contributed by atoms with Crippen LogP contribution in [0.25, 0.3) is 0 Å². The van der Waals surface area contributed by atoms with E-state index in [1.54, 1.807) is 0 Å². The van der Waals surface area contributed by atoms with E-state index in [1.807, 2.05) is 0 Å². The van der Waals surface area contributed by atoms with Crippen molar-refractivity contribution in [3.8, 4) is 0 Å². The molecule has 3 nitrogen and oxygen atoms in total. The first-order valence-electron chi connectivity index (χ1n) is 5.70. The molecule has 1 aliphatic carbocycles. The molecular weight excluding hydrogens is 178 g/mol. The molecule has 0 aromatic carbocycles. The van der Waals surface area contributed by atoms with Crippen LogP contribution in [-0.2, 0) is 9.53 Å². The van der Waals surface area contributed by atoms with Gasteiger partial charge in [0.2, 0.25) is 0 Å². The van der Waals surface area contributed by atoms with E-state index in [4.69, 9.17) is 4.74 Å². The van der Waals surface area contributed by atoms with Crippen LogP contribution >= 0.6 is 0 Å². The third kappa shape index (κ3) is 2.55. The highest BCUT2D eigenvalue weighted by molar-refractivity contribution is 5.81. The number of carbonyl (C=O) groups excluding carboxylic acids is 1. The van der Waals surface area contributed by atoms with Crippen molar-refractivity contribution in [3.05, 3.63) is 0 Å². The average Bonchev–Trinajstić information content (AvgIpc) is 2.72. The van der Waals surface area contributed by atoms with Crippen LogP contribution in [0, 0.1) is 5.92 Å². The molecule has 2 fully saturated rings. The molecule has 0 amide bonds. The van der Waals surface area contributed by atoms with Gasteiger partial charge in [0.25, 0.3) is 0 Å². The number of ether oxygens (including phenoxy) is 1. The number of hydrogen-bond donors (Lipinski definition) is 1. The van der Waals surface area contributed by atoms with Gasteiger partial charge in [-0.05, 0) is 12.8 Å². The van der Waals surface area contributed by atoms with Gasteiger partial charge in [0.05, 0.1) is 13.2 Å². The Balaban J connectivity index is 1.75. The fourth-order valence-electron chi connectivity index (χ4n) is 2.41. The average molecular weight is 197 g/mol. The van der Waals surface area contributed by atoms with Crippen LogP contribution < -0.4 is 5.32 Å². The van der Waals surface area contributed by atoms with E-state index in [0.29, 0.717) is 24.7 Å². The Bertz CT molecular complexity index is 193. The molecule has 2 rings (SSSR count). The van der Waals surface area contributed by atoms with E-state index in [2.05, 4.69) is 5.32 Å². The predicted molar refractivity (Wildman–Crippen MR) is 54.2 cm³/mol. The zero-order valence-corrected chi connectivity index (χ0v) is 8.63. The second-order valence-electron chi connectivity index (χ2n) is 4.38. The van der Waals surface area contributed by atoms with Crippen LogP contribution in [0.2, 0.25) is 0 Å². The Labute approximate surface area is 85.2 Å². The number of carbonyl (C=O) groups is 1. The maximum atomic E-state index is 11.8. The zero-order valence-electron chi connectivity index (χ0n) is 8.63. The second-order valence-corrected chi connectivity index (χ2v) is 4.38. The van der Waals surface area contributed by atoms with Crippen LogP contribution in [0.5, 0.6) is 0 Å². The summed E-state index contributed by atoms with van der Waals surface area (Å²) in [7, 11) is 0. The minimum absolute atomic E-state index is 0.275. The largest absolute Gasteiger partial charge is 0.379 e. The summed E-state index contributed by atoms with van der Waals surface area (Å²) in [5, 5.41) is 3.33. The van der Waals surface area contributed by atoms with Gasteiger partial charge in [0.15, 0.2) is 0 Å². The highest BCUT2D eigenvalue weighted by Crippen LogP contribution is 2.26. The number of Topliss-reactive ketones (excluding diaryl/α,β-unsaturated/α-hetero) is 1. The zero-order chi connectivity index (χ0) is 9.80. The van der Waals surface area contributed by atoms with Gasteiger partial charge >= 0.3 is 0 Å². The Morgan fingerprint density at radius 2 is 2.14 bits per heavy atom. The molecule has 0 radical (unpaired) electrons. The lowest BCUT2D eigenvalue weighted by Crippen LogP contribution is -2.43. The quantitative estimate of drug-likeness (QED) is 0.737. The standard InChI is InChI=1S/C11H19NO2/c13-11(9-3-1-2-4-9)7-10-8-14-6-5-12-10/h9-10,12H,1-8H2. The van der Waals surface area contributed by atoms with E-state index >= 15 is 0 Å². The van der Waals surface area contributed by atoms with Gasteiger partial charge in [-0.1, -0.05) is 12.8 Å². The first-order valence-corrected chi connectivity index (χ1v) is 5.70. The fraction of sp³-hybridized carbons (Fsp3) is 0.909. The van der Waals surface area contributed by atoms with Gasteiger partial charge in [-0.3, -0.25) is 4.79 Å². The molecule has 2 aliphatic rings. The Hall–Kier alpha value is -0.410. The summed E-state index contributed by atoms with van der Waals surface area (Å²) in [6.07, 6.45) is 5.39. The van der Waals surface area contributed by atoms with Crippen LogP contribution in [0.4, 0.5) is 0 Å². The van der Waals surface area contributed by atoms with Crippen LogP contribution in [0.1, 0.15) is 32.1 Å². The van der Waals surface area contributed by atoms with E-state index in [9.17, 15) is 4.79 Å². The van der Waals surface area contributed by atoms with Crippen molar-refractivity contribution in [2.75, 3.05) is 19.8 Å². The molecule has 0 aromatic rings. The number of rotatable bonds is 3. The number of nitrogens with one attached hydrogen (secondary N) is 1. The topological polar surface area (TPSA) is 38.3 Å². The molecule has 1 heterocycles. The summed E-state index contributed by atoms with van der Waals surface area (Å²) in [6, 6.07) is 0.275. The summed E-state index contributed by atoms with van der Waals surface area (Å²) in [6.45, 7) is 2.38. The fourth-order valence-corrected chi connectivity index (χ4v) is 2.41. The Morgan fingerprint density at radius 1 is 1.36 bits per heavy atom. The highest BCUT2D eigenvalue weighted by Gasteiger charge is 2.25. The van der Waals surface area contributed by atoms with Gasteiger partial charge in [0.1, 0.15) is 5.78 Å². The summed E-state index contributed by atoms with van der Waals surface area (Å²) in [5.74, 6) is 0.809. The monoisotopic (exact) mass is 197 g/mol. The molecule has 0 aromatic heterocycles. The summed E-state index contributed by atoms with van der Waals surface area (Å²) in [5.41, 5.74) is 0. The molecule has 3 heteroatoms. The van der Waals surface area contributed by atoms with E-state index in [-0.39, 0.29) is 6.04 Å². The molecule has 14 heavy (non-hydrogen) atoms. The molecule has 1 N–H and O–H groups in total. The molecule has 1 aliphatic heterocycles. The maximum Gasteiger partial charge on any atom is 0.137 e. The molecule has 0 spiro atoms. The first kappa shape index (κ1) is 10.1. The van der Waals surface area contributed by atoms with E-state index in [1.165, 1.54) is 12.8 Å². The normalized spacial score (nSPS) is 29.3. The van der Waals surface area contributed by atoms with E-state index in [0.717, 1.165) is 26.0 Å². The molecular formula is C11H19NO2. The third-order valence-electron chi connectivity index (χ3n) is 3.26. The molecule has 1 saturated heterocycles. The Kier molecular flexibility index (Phi) is 3.54. The molecule has 0 bridgehead atoms. The van der Waals surface area contributed by atoms with Gasteiger partial charge in [-0.2, -0.15) is 0 Å². The van der Waals surface area contributed by atoms with Crippen molar-refractivity contribution in [2.24, 2.45) is 5.92 Å². The van der Waals surface area contributed by atoms with Crippen molar-refractivity contribution in [1.82, 2.24) is 5.32 Å². The lowest BCUT2D eigenvalue weighted by molar-refractivity contribution is -0.123. The molecule has 80 valence electrons. The van der Waals surface area contributed by atoms with Crippen LogP contribution in [-0.4, -0.2) is 31.6 Å². The van der Waals surface area contributed by atoms with Crippen molar-refractivity contribution in [2.45, 2.75) is 38.1 Å². The van der Waals surface area contributed by atoms with Gasteiger partial charge in [-0.25, -0.2) is 0 Å². The number of ketones is 1. The summed E-state index contributed by atoms with van der Waals surface area (Å²) >= 11 is 0. The van der Waals surface area contributed by atoms with Crippen molar-refractivity contribution in [3.63, 3.8) is 0 Å². The molecule has 1 atom stereocenters. The van der Waals surface area contributed by atoms with Crippen molar-refractivity contribution >= 4 is 5.78 Å².